The van der Waals surface area contributed by atoms with Gasteiger partial charge >= 0.3 is 0 Å². The first-order valence-corrected chi connectivity index (χ1v) is 8.77. The predicted molar refractivity (Wildman–Crippen MR) is 96.6 cm³/mol. The molecule has 1 saturated heterocycles. The summed E-state index contributed by atoms with van der Waals surface area (Å²) in [5, 5.41) is 23.2. The van der Waals surface area contributed by atoms with Gasteiger partial charge in [-0.2, -0.15) is 0 Å². The number of carbonyl (C=O) groups excluding carboxylic acids is 1. The quantitative estimate of drug-likeness (QED) is 0.583. The van der Waals surface area contributed by atoms with E-state index in [1.54, 1.807) is 6.07 Å². The predicted octanol–water partition coefficient (Wildman–Crippen LogP) is 2.72. The van der Waals surface area contributed by atoms with Crippen molar-refractivity contribution in [1.82, 2.24) is 4.90 Å². The van der Waals surface area contributed by atoms with Crippen molar-refractivity contribution in [2.24, 2.45) is 5.41 Å². The largest absolute Gasteiger partial charge is 0.396 e. The third-order valence-corrected chi connectivity index (χ3v) is 5.36. The number of benzene rings is 1. The van der Waals surface area contributed by atoms with Gasteiger partial charge in [-0.3, -0.25) is 14.9 Å². The van der Waals surface area contributed by atoms with Crippen molar-refractivity contribution >= 4 is 17.3 Å². The number of aliphatic hydroxyl groups excluding tert-OH is 1. The van der Waals surface area contributed by atoms with Crippen LogP contribution >= 0.6 is 0 Å². The van der Waals surface area contributed by atoms with E-state index in [2.05, 4.69) is 17.1 Å². The highest BCUT2D eigenvalue weighted by molar-refractivity contribution is 5.92. The van der Waals surface area contributed by atoms with Crippen LogP contribution in [0.5, 0.6) is 0 Å². The minimum Gasteiger partial charge on any atom is -0.396 e. The number of hydrogen-bond acceptors (Lipinski definition) is 5. The molecule has 2 rings (SSSR count). The molecule has 1 aliphatic heterocycles. The van der Waals surface area contributed by atoms with E-state index >= 15 is 0 Å². The van der Waals surface area contributed by atoms with Gasteiger partial charge in [-0.05, 0) is 50.3 Å². The summed E-state index contributed by atoms with van der Waals surface area (Å²) >= 11 is 0. The second-order valence-electron chi connectivity index (χ2n) is 6.91. The molecular formula is C18H27N3O4. The molecule has 1 aliphatic rings. The van der Waals surface area contributed by atoms with Gasteiger partial charge in [0.2, 0.25) is 5.91 Å². The number of nitrogens with one attached hydrogen (secondary N) is 1. The maximum absolute atomic E-state index is 12.2. The van der Waals surface area contributed by atoms with Crippen LogP contribution in [0.3, 0.4) is 0 Å². The standard InChI is InChI=1S/C18H27N3O4/c1-3-18(13-22)7-10-20(11-8-18)9-6-17(23)19-16-12-15(21(24)25)5-4-14(16)2/h4-5,12,22H,3,6-11,13H2,1-2H3,(H,19,23). The summed E-state index contributed by atoms with van der Waals surface area (Å²) in [6.07, 6.45) is 3.22. The van der Waals surface area contributed by atoms with Gasteiger partial charge in [0, 0.05) is 31.7 Å². The van der Waals surface area contributed by atoms with Crippen molar-refractivity contribution in [1.29, 1.82) is 0 Å². The minimum absolute atomic E-state index is 0.0307. The number of hydrogen-bond donors (Lipinski definition) is 2. The van der Waals surface area contributed by atoms with E-state index in [9.17, 15) is 20.0 Å². The van der Waals surface area contributed by atoms with E-state index in [-0.39, 0.29) is 23.6 Å². The van der Waals surface area contributed by atoms with Crippen LogP contribution in [0.1, 0.15) is 38.2 Å². The van der Waals surface area contributed by atoms with Crippen molar-refractivity contribution in [3.8, 4) is 0 Å². The summed E-state index contributed by atoms with van der Waals surface area (Å²) < 4.78 is 0. The number of amides is 1. The Morgan fingerprint density at radius 3 is 2.64 bits per heavy atom. The molecule has 138 valence electrons. The lowest BCUT2D eigenvalue weighted by Gasteiger charge is -2.40. The molecular weight excluding hydrogens is 322 g/mol. The maximum Gasteiger partial charge on any atom is 0.271 e. The minimum atomic E-state index is -0.468. The molecule has 7 heteroatoms. The van der Waals surface area contributed by atoms with E-state index in [1.165, 1.54) is 12.1 Å². The molecule has 1 amide bonds. The fourth-order valence-corrected chi connectivity index (χ4v) is 3.21. The van der Waals surface area contributed by atoms with Gasteiger partial charge in [0.05, 0.1) is 10.6 Å². The fraction of sp³-hybridized carbons (Fsp3) is 0.611. The van der Waals surface area contributed by atoms with E-state index in [0.717, 1.165) is 37.9 Å². The van der Waals surface area contributed by atoms with Crippen LogP contribution in [0, 0.1) is 22.5 Å². The number of aliphatic hydroxyl groups is 1. The number of piperidine rings is 1. The fourth-order valence-electron chi connectivity index (χ4n) is 3.21. The molecule has 2 N–H and O–H groups in total. The number of likely N-dealkylation sites (tertiary alicyclic amines) is 1. The van der Waals surface area contributed by atoms with Gasteiger partial charge in [0.15, 0.2) is 0 Å². The van der Waals surface area contributed by atoms with E-state index in [1.807, 2.05) is 6.92 Å². The van der Waals surface area contributed by atoms with Gasteiger partial charge in [-0.25, -0.2) is 0 Å². The van der Waals surface area contributed by atoms with Gasteiger partial charge in [-0.1, -0.05) is 13.0 Å². The average Bonchev–Trinajstić information content (AvgIpc) is 2.62. The topological polar surface area (TPSA) is 95.7 Å². The summed E-state index contributed by atoms with van der Waals surface area (Å²) in [7, 11) is 0. The third kappa shape index (κ3) is 4.99. The first-order chi connectivity index (χ1) is 11.9. The Bertz CT molecular complexity index is 619. The molecule has 0 aromatic heterocycles. The van der Waals surface area contributed by atoms with Crippen molar-refractivity contribution in [3.05, 3.63) is 33.9 Å². The Balaban J connectivity index is 1.84. The second-order valence-corrected chi connectivity index (χ2v) is 6.91. The molecule has 1 aromatic carbocycles. The van der Waals surface area contributed by atoms with Gasteiger partial charge in [-0.15, -0.1) is 0 Å². The van der Waals surface area contributed by atoms with Crippen LogP contribution in [0.2, 0.25) is 0 Å². The average molecular weight is 349 g/mol. The highest BCUT2D eigenvalue weighted by atomic mass is 16.6. The van der Waals surface area contributed by atoms with Crippen LogP contribution in [0.15, 0.2) is 18.2 Å². The van der Waals surface area contributed by atoms with Gasteiger partial charge in [0.1, 0.15) is 0 Å². The first kappa shape index (κ1) is 19.3. The zero-order valence-corrected chi connectivity index (χ0v) is 15.0. The van der Waals surface area contributed by atoms with Crippen LogP contribution in [-0.2, 0) is 4.79 Å². The normalized spacial score (nSPS) is 17.2. The number of non-ortho nitro benzene ring substituents is 1. The third-order valence-electron chi connectivity index (χ3n) is 5.36. The second kappa shape index (κ2) is 8.40. The number of nitrogens with zero attached hydrogens (tertiary/aromatic N) is 2. The number of rotatable bonds is 7. The lowest BCUT2D eigenvalue weighted by Crippen LogP contribution is -2.42. The van der Waals surface area contributed by atoms with Crippen LogP contribution in [0.4, 0.5) is 11.4 Å². The summed E-state index contributed by atoms with van der Waals surface area (Å²) in [6.45, 7) is 6.58. The zero-order chi connectivity index (χ0) is 18.4. The van der Waals surface area contributed by atoms with E-state index < -0.39 is 4.92 Å². The molecule has 1 heterocycles. The van der Waals surface area contributed by atoms with Crippen molar-refractivity contribution in [2.45, 2.75) is 39.5 Å². The molecule has 1 fully saturated rings. The molecule has 0 aliphatic carbocycles. The zero-order valence-electron chi connectivity index (χ0n) is 15.0. The summed E-state index contributed by atoms with van der Waals surface area (Å²) in [6, 6.07) is 4.46. The summed E-state index contributed by atoms with van der Waals surface area (Å²) in [5.41, 5.74) is 1.30. The van der Waals surface area contributed by atoms with E-state index in [0.29, 0.717) is 18.7 Å². The Hall–Kier alpha value is -1.99. The number of nitro groups is 1. The molecule has 0 bridgehead atoms. The lowest BCUT2D eigenvalue weighted by atomic mass is 9.77. The number of anilines is 1. The van der Waals surface area contributed by atoms with Gasteiger partial charge < -0.3 is 15.3 Å². The Labute approximate surface area is 148 Å². The van der Waals surface area contributed by atoms with Crippen LogP contribution in [0.25, 0.3) is 0 Å². The first-order valence-electron chi connectivity index (χ1n) is 8.77. The van der Waals surface area contributed by atoms with Crippen molar-refractivity contribution in [3.63, 3.8) is 0 Å². The Kier molecular flexibility index (Phi) is 6.50. The molecule has 0 saturated carbocycles. The van der Waals surface area contributed by atoms with Crippen LogP contribution < -0.4 is 5.32 Å². The van der Waals surface area contributed by atoms with Crippen molar-refractivity contribution < 1.29 is 14.8 Å². The SMILES string of the molecule is CCC1(CO)CCN(CCC(=O)Nc2cc([N+](=O)[O-])ccc2C)CC1. The number of carbonyl (C=O) groups is 1. The number of nitro benzene ring substituents is 1. The highest BCUT2D eigenvalue weighted by Gasteiger charge is 2.32. The molecule has 0 atom stereocenters. The summed E-state index contributed by atoms with van der Waals surface area (Å²) in [5.74, 6) is -0.141. The molecule has 7 nitrogen and oxygen atoms in total. The number of aryl methyl sites for hydroxylation is 1. The molecule has 1 aromatic rings. The molecule has 25 heavy (non-hydrogen) atoms. The monoisotopic (exact) mass is 349 g/mol. The summed E-state index contributed by atoms with van der Waals surface area (Å²) in [4.78, 5) is 24.8. The molecule has 0 unspecified atom stereocenters. The smallest absolute Gasteiger partial charge is 0.271 e. The van der Waals surface area contributed by atoms with Crippen molar-refractivity contribution in [2.75, 3.05) is 31.6 Å². The Morgan fingerprint density at radius 2 is 2.08 bits per heavy atom. The van der Waals surface area contributed by atoms with E-state index in [4.69, 9.17) is 0 Å². The highest BCUT2D eigenvalue weighted by Crippen LogP contribution is 2.34. The lowest BCUT2D eigenvalue weighted by molar-refractivity contribution is -0.384. The maximum atomic E-state index is 12.2. The molecule has 0 spiro atoms. The van der Waals surface area contributed by atoms with Gasteiger partial charge in [0.25, 0.3) is 5.69 Å². The Morgan fingerprint density at radius 1 is 1.40 bits per heavy atom. The van der Waals surface area contributed by atoms with Crippen LogP contribution in [-0.4, -0.2) is 47.1 Å². The molecule has 0 radical (unpaired) electrons.